The number of carbonyl (C=O) groups is 2. The van der Waals surface area contributed by atoms with Crippen LogP contribution in [0.1, 0.15) is 39.8 Å². The Hall–Kier alpha value is -3.54. The number of fused-ring (bicyclic) bond motifs is 5. The van der Waals surface area contributed by atoms with Crippen molar-refractivity contribution in [3.8, 4) is 0 Å². The molecule has 0 radical (unpaired) electrons. The molecule has 0 aliphatic carbocycles. The number of rotatable bonds is 4. The summed E-state index contributed by atoms with van der Waals surface area (Å²) in [5, 5.41) is 14.7. The highest BCUT2D eigenvalue weighted by Crippen LogP contribution is 2.41. The van der Waals surface area contributed by atoms with E-state index in [1.807, 2.05) is 31.2 Å². The standard InChI is InChI=1S/C26H27ClN8O2S/c1-13-11-28-21-20-15-3-6-19(32-17(15)4-5-18(20)38-22(21)25(37)30-13)33-23-16(12-29-26(27)34-23)24(36)31-14-7-9-35(2)10-8-14/h3-6,12-14,28H,7-11H2,1-2H3,(H,30,37)(H,31,36)(H,29,32,33,34)/t13-/m0/s1. The van der Waals surface area contributed by atoms with Gasteiger partial charge in [-0.25, -0.2) is 9.97 Å². The minimum atomic E-state index is -0.249. The molecule has 1 aromatic carbocycles. The van der Waals surface area contributed by atoms with Crippen LogP contribution in [0.4, 0.5) is 17.3 Å². The minimum Gasteiger partial charge on any atom is -0.381 e. The van der Waals surface area contributed by atoms with Crippen molar-refractivity contribution in [1.29, 1.82) is 0 Å². The van der Waals surface area contributed by atoms with Gasteiger partial charge in [0.15, 0.2) is 0 Å². The number of pyridine rings is 1. The van der Waals surface area contributed by atoms with Gasteiger partial charge in [-0.2, -0.15) is 4.98 Å². The molecule has 38 heavy (non-hydrogen) atoms. The van der Waals surface area contributed by atoms with Crippen LogP contribution in [-0.4, -0.2) is 70.4 Å². The van der Waals surface area contributed by atoms with E-state index in [0.717, 1.165) is 52.6 Å². The Labute approximate surface area is 228 Å². The normalized spacial score (nSPS) is 18.5. The summed E-state index contributed by atoms with van der Waals surface area (Å²) in [6, 6.07) is 7.84. The smallest absolute Gasteiger partial charge is 0.263 e. The predicted molar refractivity (Wildman–Crippen MR) is 151 cm³/mol. The SMILES string of the molecule is C[C@H]1CNc2c(sc3ccc4nc(Nc5nc(Cl)ncc5C(=O)NC5CCN(C)CC5)ccc4c23)C(=O)N1. The second-order valence-corrected chi connectivity index (χ2v) is 11.2. The molecule has 1 saturated heterocycles. The van der Waals surface area contributed by atoms with Crippen molar-refractivity contribution in [3.05, 3.63) is 46.2 Å². The average molecular weight is 551 g/mol. The van der Waals surface area contributed by atoms with E-state index in [1.165, 1.54) is 17.5 Å². The van der Waals surface area contributed by atoms with Crippen LogP contribution in [0.2, 0.25) is 5.28 Å². The van der Waals surface area contributed by atoms with Gasteiger partial charge in [-0.3, -0.25) is 9.59 Å². The van der Waals surface area contributed by atoms with Gasteiger partial charge >= 0.3 is 0 Å². The largest absolute Gasteiger partial charge is 0.381 e. The Morgan fingerprint density at radius 2 is 2.00 bits per heavy atom. The number of likely N-dealkylation sites (tertiary alicyclic amines) is 1. The highest BCUT2D eigenvalue weighted by molar-refractivity contribution is 7.21. The summed E-state index contributed by atoms with van der Waals surface area (Å²) in [5.41, 5.74) is 1.90. The molecule has 4 N–H and O–H groups in total. The Balaban J connectivity index is 1.31. The van der Waals surface area contributed by atoms with Gasteiger partial charge in [0.25, 0.3) is 11.8 Å². The third-order valence-corrected chi connectivity index (χ3v) is 8.33. The molecule has 0 unspecified atom stereocenters. The number of nitrogens with one attached hydrogen (secondary N) is 4. The molecule has 3 aromatic heterocycles. The third kappa shape index (κ3) is 4.72. The zero-order valence-corrected chi connectivity index (χ0v) is 22.5. The molecule has 0 bridgehead atoms. The van der Waals surface area contributed by atoms with Crippen molar-refractivity contribution >= 4 is 73.1 Å². The van der Waals surface area contributed by atoms with Crippen molar-refractivity contribution in [1.82, 2.24) is 30.5 Å². The van der Waals surface area contributed by atoms with Crippen molar-refractivity contribution in [2.45, 2.75) is 31.8 Å². The molecule has 4 aromatic rings. The van der Waals surface area contributed by atoms with Gasteiger partial charge in [-0.1, -0.05) is 0 Å². The van der Waals surface area contributed by atoms with Gasteiger partial charge in [0, 0.05) is 40.3 Å². The minimum absolute atomic E-state index is 0.0328. The first-order chi connectivity index (χ1) is 18.4. The van der Waals surface area contributed by atoms with Crippen LogP contribution < -0.4 is 21.3 Å². The Morgan fingerprint density at radius 1 is 1.18 bits per heavy atom. The van der Waals surface area contributed by atoms with E-state index in [0.29, 0.717) is 28.6 Å². The van der Waals surface area contributed by atoms with E-state index in [9.17, 15) is 9.59 Å². The van der Waals surface area contributed by atoms with Crippen LogP contribution >= 0.6 is 22.9 Å². The number of hydrogen-bond donors (Lipinski definition) is 4. The highest BCUT2D eigenvalue weighted by atomic mass is 35.5. The van der Waals surface area contributed by atoms with Crippen LogP contribution in [0.3, 0.4) is 0 Å². The summed E-state index contributed by atoms with van der Waals surface area (Å²) >= 11 is 7.56. The van der Waals surface area contributed by atoms with Gasteiger partial charge in [-0.05, 0) is 75.8 Å². The zero-order chi connectivity index (χ0) is 26.4. The van der Waals surface area contributed by atoms with Crippen LogP contribution in [-0.2, 0) is 0 Å². The van der Waals surface area contributed by atoms with Crippen LogP contribution in [0.5, 0.6) is 0 Å². The molecule has 196 valence electrons. The zero-order valence-electron chi connectivity index (χ0n) is 21.0. The van der Waals surface area contributed by atoms with E-state index >= 15 is 0 Å². The van der Waals surface area contributed by atoms with Crippen LogP contribution in [0, 0.1) is 0 Å². The van der Waals surface area contributed by atoms with Gasteiger partial charge in [0.1, 0.15) is 22.1 Å². The summed E-state index contributed by atoms with van der Waals surface area (Å²) in [7, 11) is 2.08. The summed E-state index contributed by atoms with van der Waals surface area (Å²) in [6.45, 7) is 4.50. The lowest BCUT2D eigenvalue weighted by Gasteiger charge is -2.29. The van der Waals surface area contributed by atoms with Crippen molar-refractivity contribution in [3.63, 3.8) is 0 Å². The van der Waals surface area contributed by atoms with Crippen molar-refractivity contribution < 1.29 is 9.59 Å². The number of amides is 2. The first-order valence-electron chi connectivity index (χ1n) is 12.6. The quantitative estimate of drug-likeness (QED) is 0.281. The summed E-state index contributed by atoms with van der Waals surface area (Å²) in [4.78, 5) is 41.8. The van der Waals surface area contributed by atoms with Crippen molar-refractivity contribution in [2.24, 2.45) is 0 Å². The van der Waals surface area contributed by atoms with E-state index < -0.39 is 0 Å². The van der Waals surface area contributed by atoms with Crippen LogP contribution in [0.25, 0.3) is 21.0 Å². The number of anilines is 3. The molecule has 1 atom stereocenters. The van der Waals surface area contributed by atoms with Gasteiger partial charge in [-0.15, -0.1) is 11.3 Å². The molecular weight excluding hydrogens is 524 g/mol. The second-order valence-electron chi connectivity index (χ2n) is 9.84. The fourth-order valence-corrected chi connectivity index (χ4v) is 6.19. The molecule has 6 rings (SSSR count). The fraction of sp³-hybridized carbons (Fsp3) is 0.346. The number of carbonyl (C=O) groups excluding carboxylic acids is 2. The van der Waals surface area contributed by atoms with E-state index in [2.05, 4.69) is 43.2 Å². The highest BCUT2D eigenvalue weighted by Gasteiger charge is 2.25. The molecule has 0 spiro atoms. The van der Waals surface area contributed by atoms with Gasteiger partial charge < -0.3 is 26.2 Å². The second kappa shape index (κ2) is 9.97. The Morgan fingerprint density at radius 3 is 2.82 bits per heavy atom. The number of benzene rings is 1. The molecule has 2 amide bonds. The van der Waals surface area contributed by atoms with Gasteiger partial charge in [0.05, 0.1) is 11.2 Å². The van der Waals surface area contributed by atoms with E-state index in [-0.39, 0.29) is 29.2 Å². The maximum absolute atomic E-state index is 13.1. The predicted octanol–water partition coefficient (Wildman–Crippen LogP) is 4.00. The number of hydrogen-bond acceptors (Lipinski definition) is 9. The summed E-state index contributed by atoms with van der Waals surface area (Å²) in [6.07, 6.45) is 3.22. The molecule has 10 nitrogen and oxygen atoms in total. The number of halogens is 1. The average Bonchev–Trinajstić information content (AvgIpc) is 3.21. The summed E-state index contributed by atoms with van der Waals surface area (Å²) < 4.78 is 1.01. The molecule has 5 heterocycles. The summed E-state index contributed by atoms with van der Waals surface area (Å²) in [5.74, 6) is 0.492. The lowest BCUT2D eigenvalue weighted by molar-refractivity contribution is 0.0915. The topological polar surface area (TPSA) is 124 Å². The molecule has 1 fully saturated rings. The van der Waals surface area contributed by atoms with Crippen molar-refractivity contribution in [2.75, 3.05) is 37.3 Å². The lowest BCUT2D eigenvalue weighted by Crippen LogP contribution is -2.43. The number of aromatic nitrogens is 3. The van der Waals surface area contributed by atoms with Crippen LogP contribution in [0.15, 0.2) is 30.5 Å². The Bertz CT molecular complexity index is 1570. The molecule has 12 heteroatoms. The third-order valence-electron chi connectivity index (χ3n) is 7.00. The molecule has 0 saturated carbocycles. The number of nitrogens with zero attached hydrogens (tertiary/aromatic N) is 4. The van der Waals surface area contributed by atoms with E-state index in [4.69, 9.17) is 16.6 Å². The first-order valence-corrected chi connectivity index (χ1v) is 13.7. The first kappa shape index (κ1) is 24.8. The number of thiophene rings is 1. The monoisotopic (exact) mass is 550 g/mol. The maximum atomic E-state index is 13.1. The molecule has 2 aliphatic rings. The fourth-order valence-electron chi connectivity index (χ4n) is 4.95. The maximum Gasteiger partial charge on any atom is 0.263 e. The molecule has 2 aliphatic heterocycles. The van der Waals surface area contributed by atoms with E-state index in [1.54, 1.807) is 0 Å². The molecular formula is C26H27ClN8O2S. The van der Waals surface area contributed by atoms with Gasteiger partial charge in [0.2, 0.25) is 5.28 Å². The lowest BCUT2D eigenvalue weighted by atomic mass is 10.1. The number of piperidine rings is 1. The Kier molecular flexibility index (Phi) is 6.50.